The Labute approximate surface area is 150 Å². The van der Waals surface area contributed by atoms with Crippen LogP contribution in [0.3, 0.4) is 0 Å². The van der Waals surface area contributed by atoms with Crippen molar-refractivity contribution in [3.05, 3.63) is 53.1 Å². The molecule has 2 N–H and O–H groups in total. The van der Waals surface area contributed by atoms with Crippen LogP contribution in [-0.4, -0.2) is 41.6 Å². The van der Waals surface area contributed by atoms with E-state index in [2.05, 4.69) is 4.99 Å². The van der Waals surface area contributed by atoms with Gasteiger partial charge in [0.15, 0.2) is 17.6 Å². The van der Waals surface area contributed by atoms with Gasteiger partial charge in [-0.1, -0.05) is 12.1 Å². The fourth-order valence-corrected chi connectivity index (χ4v) is 2.17. The van der Waals surface area contributed by atoms with Gasteiger partial charge in [-0.15, -0.1) is 0 Å². The standard InChI is InChI=1S/C19H19NO6/c1-11-7-8-13(19(23)24)9-15(11)20-10-14-5-4-6-16(25-3)17(14)26-12(2)18(21)22/h4-10,12H,1-3H3,(H,21,22)(H,23,24)/t12-/m0/s1. The van der Waals surface area contributed by atoms with Crippen LogP contribution in [0.25, 0.3) is 0 Å². The van der Waals surface area contributed by atoms with Gasteiger partial charge in [0.2, 0.25) is 0 Å². The second kappa shape index (κ2) is 8.15. The Morgan fingerprint density at radius 3 is 2.54 bits per heavy atom. The number of aliphatic carboxylic acids is 1. The number of nitrogens with zero attached hydrogens (tertiary/aromatic N) is 1. The van der Waals surface area contributed by atoms with E-state index >= 15 is 0 Å². The molecule has 0 bridgehead atoms. The van der Waals surface area contributed by atoms with Crippen molar-refractivity contribution in [3.63, 3.8) is 0 Å². The van der Waals surface area contributed by atoms with Gasteiger partial charge in [0.25, 0.3) is 0 Å². The zero-order valence-electron chi connectivity index (χ0n) is 14.6. The van der Waals surface area contributed by atoms with Gasteiger partial charge >= 0.3 is 11.9 Å². The van der Waals surface area contributed by atoms with Gasteiger partial charge < -0.3 is 19.7 Å². The minimum atomic E-state index is -1.11. The number of carboxylic acid groups (broad SMARTS) is 2. The third-order valence-electron chi connectivity index (χ3n) is 3.67. The van der Waals surface area contributed by atoms with Gasteiger partial charge in [-0.3, -0.25) is 4.99 Å². The molecule has 0 aliphatic rings. The number of hydrogen-bond acceptors (Lipinski definition) is 5. The summed E-state index contributed by atoms with van der Waals surface area (Å²) < 4.78 is 10.7. The van der Waals surface area contributed by atoms with E-state index in [0.717, 1.165) is 5.56 Å². The number of methoxy groups -OCH3 is 1. The second-order valence-electron chi connectivity index (χ2n) is 5.54. The van der Waals surface area contributed by atoms with Crippen molar-refractivity contribution in [3.8, 4) is 11.5 Å². The summed E-state index contributed by atoms with van der Waals surface area (Å²) in [7, 11) is 1.45. The normalized spacial score (nSPS) is 12.0. The fraction of sp³-hybridized carbons (Fsp3) is 0.211. The summed E-state index contributed by atoms with van der Waals surface area (Å²) in [4.78, 5) is 26.5. The Bertz CT molecular complexity index is 859. The van der Waals surface area contributed by atoms with Gasteiger partial charge in [-0.25, -0.2) is 9.59 Å². The summed E-state index contributed by atoms with van der Waals surface area (Å²) >= 11 is 0. The zero-order valence-corrected chi connectivity index (χ0v) is 14.6. The highest BCUT2D eigenvalue weighted by atomic mass is 16.5. The monoisotopic (exact) mass is 357 g/mol. The molecule has 7 nitrogen and oxygen atoms in total. The van der Waals surface area contributed by atoms with Crippen molar-refractivity contribution in [1.29, 1.82) is 0 Å². The summed E-state index contributed by atoms with van der Waals surface area (Å²) in [5.74, 6) is -1.52. The van der Waals surface area contributed by atoms with Crippen molar-refractivity contribution in [2.24, 2.45) is 4.99 Å². The molecule has 2 rings (SSSR count). The number of ether oxygens (including phenoxy) is 2. The molecular formula is C19H19NO6. The predicted octanol–water partition coefficient (Wildman–Crippen LogP) is 3.30. The Balaban J connectivity index is 2.43. The van der Waals surface area contributed by atoms with Crippen LogP contribution in [0.15, 0.2) is 41.4 Å². The van der Waals surface area contributed by atoms with Crippen molar-refractivity contribution >= 4 is 23.8 Å². The van der Waals surface area contributed by atoms with Gasteiger partial charge in [0.1, 0.15) is 0 Å². The van der Waals surface area contributed by atoms with Gasteiger partial charge in [0.05, 0.1) is 18.4 Å². The number of carboxylic acids is 2. The molecule has 0 amide bonds. The molecule has 0 radical (unpaired) electrons. The molecule has 0 spiro atoms. The largest absolute Gasteiger partial charge is 0.493 e. The lowest BCUT2D eigenvalue weighted by Gasteiger charge is -2.15. The molecule has 0 saturated carbocycles. The second-order valence-corrected chi connectivity index (χ2v) is 5.54. The first-order valence-electron chi connectivity index (χ1n) is 7.78. The molecule has 7 heteroatoms. The number of hydrogen-bond donors (Lipinski definition) is 2. The van der Waals surface area contributed by atoms with Gasteiger partial charge in [-0.05, 0) is 43.7 Å². The third kappa shape index (κ3) is 4.38. The highest BCUT2D eigenvalue weighted by Crippen LogP contribution is 2.31. The summed E-state index contributed by atoms with van der Waals surface area (Å²) in [5.41, 5.74) is 1.93. The molecule has 2 aromatic rings. The quantitative estimate of drug-likeness (QED) is 0.737. The summed E-state index contributed by atoms with van der Waals surface area (Å²) in [6.45, 7) is 3.23. The maximum absolute atomic E-state index is 11.1. The van der Waals surface area contributed by atoms with Crippen LogP contribution in [-0.2, 0) is 4.79 Å². The summed E-state index contributed by atoms with van der Waals surface area (Å²) in [5, 5.41) is 18.2. The molecule has 0 unspecified atom stereocenters. The fourth-order valence-electron chi connectivity index (χ4n) is 2.17. The maximum Gasteiger partial charge on any atom is 0.344 e. The van der Waals surface area contributed by atoms with Gasteiger partial charge in [0, 0.05) is 11.8 Å². The molecule has 0 fully saturated rings. The first-order valence-corrected chi connectivity index (χ1v) is 7.78. The molecular weight excluding hydrogens is 338 g/mol. The number of aliphatic imine (C=N–C) groups is 1. The van der Waals surface area contributed by atoms with E-state index < -0.39 is 18.0 Å². The smallest absolute Gasteiger partial charge is 0.344 e. The van der Waals surface area contributed by atoms with Crippen LogP contribution in [0.2, 0.25) is 0 Å². The van der Waals surface area contributed by atoms with Crippen LogP contribution in [0.5, 0.6) is 11.5 Å². The van der Waals surface area contributed by atoms with E-state index in [9.17, 15) is 9.59 Å². The third-order valence-corrected chi connectivity index (χ3v) is 3.67. The van der Waals surface area contributed by atoms with E-state index in [1.807, 2.05) is 6.92 Å². The lowest BCUT2D eigenvalue weighted by atomic mass is 10.1. The molecule has 1 atom stereocenters. The number of rotatable bonds is 7. The molecule has 0 saturated heterocycles. The van der Waals surface area contributed by atoms with Crippen LogP contribution < -0.4 is 9.47 Å². The lowest BCUT2D eigenvalue weighted by Crippen LogP contribution is -2.23. The minimum Gasteiger partial charge on any atom is -0.493 e. The van der Waals surface area contributed by atoms with E-state index in [1.165, 1.54) is 32.4 Å². The molecule has 0 aliphatic carbocycles. The van der Waals surface area contributed by atoms with Crippen LogP contribution in [0.1, 0.15) is 28.4 Å². The molecule has 2 aromatic carbocycles. The predicted molar refractivity (Wildman–Crippen MR) is 96.1 cm³/mol. The van der Waals surface area contributed by atoms with E-state index in [1.54, 1.807) is 24.3 Å². The van der Waals surface area contributed by atoms with Crippen molar-refractivity contribution < 1.29 is 29.3 Å². The molecule has 26 heavy (non-hydrogen) atoms. The molecule has 0 aliphatic heterocycles. The molecule has 136 valence electrons. The van der Waals surface area contributed by atoms with E-state index in [0.29, 0.717) is 17.0 Å². The number of aryl methyl sites for hydroxylation is 1. The van der Waals surface area contributed by atoms with Crippen molar-refractivity contribution in [2.45, 2.75) is 20.0 Å². The first-order chi connectivity index (χ1) is 12.3. The van der Waals surface area contributed by atoms with Crippen LogP contribution in [0, 0.1) is 6.92 Å². The van der Waals surface area contributed by atoms with Crippen LogP contribution >= 0.6 is 0 Å². The number of benzene rings is 2. The molecule has 0 aromatic heterocycles. The van der Waals surface area contributed by atoms with Gasteiger partial charge in [-0.2, -0.15) is 0 Å². The van der Waals surface area contributed by atoms with Crippen LogP contribution in [0.4, 0.5) is 5.69 Å². The summed E-state index contributed by atoms with van der Waals surface area (Å²) in [6.07, 6.45) is 0.413. The Hall–Kier alpha value is -3.35. The maximum atomic E-state index is 11.1. The van der Waals surface area contributed by atoms with E-state index in [-0.39, 0.29) is 11.3 Å². The first kappa shape index (κ1) is 19.0. The molecule has 0 heterocycles. The summed E-state index contributed by atoms with van der Waals surface area (Å²) in [6, 6.07) is 9.72. The Morgan fingerprint density at radius 2 is 1.92 bits per heavy atom. The van der Waals surface area contributed by atoms with E-state index in [4.69, 9.17) is 19.7 Å². The number of carbonyl (C=O) groups is 2. The Morgan fingerprint density at radius 1 is 1.19 bits per heavy atom. The number of para-hydroxylation sites is 1. The minimum absolute atomic E-state index is 0.129. The SMILES string of the molecule is COc1cccc(C=Nc2cc(C(=O)O)ccc2C)c1O[C@@H](C)C(=O)O. The average molecular weight is 357 g/mol. The number of aromatic carboxylic acids is 1. The lowest BCUT2D eigenvalue weighted by molar-refractivity contribution is -0.144. The topological polar surface area (TPSA) is 105 Å². The zero-order chi connectivity index (χ0) is 19.3. The highest BCUT2D eigenvalue weighted by molar-refractivity contribution is 5.91. The average Bonchev–Trinajstić information content (AvgIpc) is 2.61. The highest BCUT2D eigenvalue weighted by Gasteiger charge is 2.18. The van der Waals surface area contributed by atoms with Crippen molar-refractivity contribution in [2.75, 3.05) is 7.11 Å². The Kier molecular flexibility index (Phi) is 5.95. The van der Waals surface area contributed by atoms with Crippen molar-refractivity contribution in [1.82, 2.24) is 0 Å².